The van der Waals surface area contributed by atoms with E-state index in [1.165, 1.54) is 7.11 Å². The smallest absolute Gasteiger partial charge is 0.327 e. The number of aryl methyl sites for hydroxylation is 1. The molecule has 154 valence electrons. The van der Waals surface area contributed by atoms with Crippen LogP contribution in [0.3, 0.4) is 0 Å². The average Bonchev–Trinajstić information content (AvgIpc) is 2.61. The van der Waals surface area contributed by atoms with Gasteiger partial charge in [-0.2, -0.15) is 23.4 Å². The van der Waals surface area contributed by atoms with E-state index in [2.05, 4.69) is 29.6 Å². The lowest BCUT2D eigenvalue weighted by Gasteiger charge is -2.11. The Hall–Kier alpha value is -2.07. The lowest BCUT2D eigenvalue weighted by atomic mass is 10.2. The fourth-order valence-electron chi connectivity index (χ4n) is 1.95. The lowest BCUT2D eigenvalue weighted by molar-refractivity contribution is -0.432. The maximum Gasteiger partial charge on any atom is 0.327 e. The minimum absolute atomic E-state index is 0.0325. The van der Waals surface area contributed by atoms with Crippen LogP contribution in [0.1, 0.15) is 11.4 Å². The molecule has 14 heteroatoms. The molecular weight excluding hydrogens is 416 g/mol. The van der Waals surface area contributed by atoms with Gasteiger partial charge >= 0.3 is 6.01 Å². The first kappa shape index (κ1) is 22.2. The maximum absolute atomic E-state index is 10.8. The Balaban J connectivity index is 2.17. The van der Waals surface area contributed by atoms with Crippen molar-refractivity contribution in [1.29, 1.82) is 0 Å². The van der Waals surface area contributed by atoms with Gasteiger partial charge in [0.25, 0.3) is 10.1 Å². The predicted octanol–water partition coefficient (Wildman–Crippen LogP) is 1.85. The van der Waals surface area contributed by atoms with E-state index < -0.39 is 15.9 Å². The third-order valence-corrected chi connectivity index (χ3v) is 4.38. The molecule has 28 heavy (non-hydrogen) atoms. The highest BCUT2D eigenvalue weighted by Crippen LogP contribution is 2.28. The van der Waals surface area contributed by atoms with Gasteiger partial charge in [0.2, 0.25) is 5.95 Å². The molecule has 1 aromatic carbocycles. The van der Waals surface area contributed by atoms with Crippen molar-refractivity contribution in [2.45, 2.75) is 18.4 Å². The zero-order valence-corrected chi connectivity index (χ0v) is 16.5. The summed E-state index contributed by atoms with van der Waals surface area (Å²) in [5.74, 6) is 0.277. The van der Waals surface area contributed by atoms with Gasteiger partial charge in [-0.3, -0.25) is 4.55 Å². The van der Waals surface area contributed by atoms with E-state index >= 15 is 0 Å². The van der Waals surface area contributed by atoms with Gasteiger partial charge in [-0.15, -0.1) is 4.33 Å². The summed E-state index contributed by atoms with van der Waals surface area (Å²) in [5, 5.41) is 14.4. The monoisotopic (exact) mass is 434 g/mol. The summed E-state index contributed by atoms with van der Waals surface area (Å²) in [7, 11) is -2.65. The zero-order valence-electron chi connectivity index (χ0n) is 14.9. The number of benzene rings is 1. The molecule has 0 amide bonds. The normalized spacial score (nSPS) is 11.4. The summed E-state index contributed by atoms with van der Waals surface area (Å²) in [6.45, 7) is 1.76. The summed E-state index contributed by atoms with van der Waals surface area (Å²) in [6, 6.07) is 4.99. The Labute approximate surface area is 165 Å². The van der Waals surface area contributed by atoms with Crippen molar-refractivity contribution in [3.05, 3.63) is 29.6 Å². The molecule has 0 aliphatic carbocycles. The van der Waals surface area contributed by atoms with Crippen molar-refractivity contribution in [3.8, 4) is 11.8 Å². The van der Waals surface area contributed by atoms with Gasteiger partial charge in [0.05, 0.1) is 17.8 Å². The molecule has 2 rings (SSSR count). The lowest BCUT2D eigenvalue weighted by Crippen LogP contribution is -2.17. The molecule has 0 saturated carbocycles. The summed E-state index contributed by atoms with van der Waals surface area (Å²) < 4.78 is 45.5. The first-order valence-electron chi connectivity index (χ1n) is 7.67. The fraction of sp³-hybridized carbons (Fsp3) is 0.357. The highest BCUT2D eigenvalue weighted by atomic mass is 32.2. The molecular formula is C14H18N4O8S2. The second-order valence-corrected chi connectivity index (χ2v) is 7.61. The van der Waals surface area contributed by atoms with Gasteiger partial charge in [0.15, 0.2) is 5.82 Å². The van der Waals surface area contributed by atoms with Crippen LogP contribution in [0.25, 0.3) is 0 Å². The number of nitrogens with one attached hydrogen (secondary N) is 1. The standard InChI is InChI=1S/C14H18N4O8S2/c1-9-7-10(27-26-25-19)3-4-11(9)24-14-17-12(8-23-2)16-13(18-14)15-5-6-28(20,21)22/h3-4,7,19H,5-6,8H2,1-2H3,(H,20,21,22)(H,15,16,17,18). The third-order valence-electron chi connectivity index (χ3n) is 3.09. The van der Waals surface area contributed by atoms with Crippen molar-refractivity contribution in [2.24, 2.45) is 0 Å². The number of anilines is 1. The molecule has 0 radical (unpaired) electrons. The van der Waals surface area contributed by atoms with E-state index in [0.717, 1.165) is 17.6 Å². The van der Waals surface area contributed by atoms with E-state index in [0.29, 0.717) is 10.6 Å². The van der Waals surface area contributed by atoms with E-state index in [9.17, 15) is 8.42 Å². The van der Waals surface area contributed by atoms with E-state index in [1.807, 2.05) is 0 Å². The summed E-state index contributed by atoms with van der Waals surface area (Å²) in [5.41, 5.74) is 0.723. The predicted molar refractivity (Wildman–Crippen MR) is 97.4 cm³/mol. The molecule has 0 fully saturated rings. The Morgan fingerprint density at radius 2 is 2.04 bits per heavy atom. The number of hydrogen-bond donors (Lipinski definition) is 3. The van der Waals surface area contributed by atoms with Crippen LogP contribution in [-0.4, -0.2) is 52.6 Å². The molecule has 0 aliphatic rings. The molecule has 0 spiro atoms. The minimum atomic E-state index is -4.12. The van der Waals surface area contributed by atoms with Crippen molar-refractivity contribution in [2.75, 3.05) is 24.7 Å². The first-order chi connectivity index (χ1) is 13.3. The van der Waals surface area contributed by atoms with E-state index in [4.69, 9.17) is 19.3 Å². The highest BCUT2D eigenvalue weighted by Gasteiger charge is 2.12. The molecule has 1 aromatic heterocycles. The van der Waals surface area contributed by atoms with Crippen LogP contribution < -0.4 is 10.1 Å². The molecule has 3 N–H and O–H groups in total. The van der Waals surface area contributed by atoms with Gasteiger partial charge in [-0.1, -0.05) is 5.04 Å². The molecule has 0 unspecified atom stereocenters. The molecule has 0 atom stereocenters. The summed E-state index contributed by atoms with van der Waals surface area (Å²) >= 11 is 0.807. The molecule has 0 bridgehead atoms. The van der Waals surface area contributed by atoms with Gasteiger partial charge < -0.3 is 14.8 Å². The van der Waals surface area contributed by atoms with Gasteiger partial charge in [0.1, 0.15) is 12.4 Å². The molecule has 12 nitrogen and oxygen atoms in total. The number of aromatic nitrogens is 3. The fourth-order valence-corrected chi connectivity index (χ4v) is 2.77. The van der Waals surface area contributed by atoms with Gasteiger partial charge in [0, 0.05) is 18.6 Å². The first-order valence-corrected chi connectivity index (χ1v) is 10.0. The SMILES string of the molecule is COCc1nc(NCCS(=O)(=O)O)nc(Oc2ccc(SOOO)cc2C)n1. The quantitative estimate of drug-likeness (QED) is 0.203. The van der Waals surface area contributed by atoms with Crippen LogP contribution in [0, 0.1) is 6.92 Å². The van der Waals surface area contributed by atoms with Crippen molar-refractivity contribution in [1.82, 2.24) is 15.0 Å². The van der Waals surface area contributed by atoms with Crippen LogP contribution in [-0.2, 0) is 30.8 Å². The van der Waals surface area contributed by atoms with Crippen molar-refractivity contribution in [3.63, 3.8) is 0 Å². The van der Waals surface area contributed by atoms with Crippen molar-refractivity contribution >= 4 is 28.1 Å². The average molecular weight is 434 g/mol. The van der Waals surface area contributed by atoms with Crippen LogP contribution in [0.15, 0.2) is 23.1 Å². The molecule has 0 saturated heterocycles. The topological polar surface area (TPSA) is 162 Å². The third kappa shape index (κ3) is 7.51. The summed E-state index contributed by atoms with van der Waals surface area (Å²) in [4.78, 5) is 12.9. The summed E-state index contributed by atoms with van der Waals surface area (Å²) in [6.07, 6.45) is 0. The maximum atomic E-state index is 10.8. The Morgan fingerprint density at radius 3 is 2.68 bits per heavy atom. The minimum Gasteiger partial charge on any atom is -0.424 e. The van der Waals surface area contributed by atoms with E-state index in [-0.39, 0.29) is 30.9 Å². The van der Waals surface area contributed by atoms with Crippen LogP contribution in [0.2, 0.25) is 0 Å². The Bertz CT molecular complexity index is 897. The van der Waals surface area contributed by atoms with Crippen LogP contribution in [0.4, 0.5) is 5.95 Å². The number of rotatable bonds is 11. The number of hydrogen-bond acceptors (Lipinski definition) is 12. The largest absolute Gasteiger partial charge is 0.424 e. The highest BCUT2D eigenvalue weighted by molar-refractivity contribution is 7.94. The molecule has 0 aliphatic heterocycles. The Kier molecular flexibility index (Phi) is 8.31. The molecule has 2 aromatic rings. The number of ether oxygens (including phenoxy) is 2. The second-order valence-electron chi connectivity index (χ2n) is 5.26. The molecule has 1 heterocycles. The second kappa shape index (κ2) is 10.5. The van der Waals surface area contributed by atoms with Crippen LogP contribution >= 0.6 is 12.0 Å². The van der Waals surface area contributed by atoms with Crippen molar-refractivity contribution < 1.29 is 37.1 Å². The van der Waals surface area contributed by atoms with Gasteiger partial charge in [-0.25, -0.2) is 5.26 Å². The Morgan fingerprint density at radius 1 is 1.25 bits per heavy atom. The van der Waals surface area contributed by atoms with Crippen LogP contribution in [0.5, 0.6) is 11.8 Å². The number of nitrogens with zero attached hydrogens (tertiary/aromatic N) is 3. The zero-order chi connectivity index (χ0) is 20.6. The van der Waals surface area contributed by atoms with E-state index in [1.54, 1.807) is 25.1 Å². The van der Waals surface area contributed by atoms with Gasteiger partial charge in [-0.05, 0) is 30.7 Å². The number of methoxy groups -OCH3 is 1.